The number of hydrogen-bond acceptors (Lipinski definition) is 4. The SMILES string of the molecule is Cc1ccoc1CNCC(F)(F)CNC(=O)OC(C)(C)C. The molecule has 7 heteroatoms. The summed E-state index contributed by atoms with van der Waals surface area (Å²) in [7, 11) is 0. The van der Waals surface area contributed by atoms with Crippen LogP contribution >= 0.6 is 0 Å². The van der Waals surface area contributed by atoms with Crippen LogP contribution in [0.2, 0.25) is 0 Å². The zero-order valence-electron chi connectivity index (χ0n) is 12.8. The van der Waals surface area contributed by atoms with Crippen LogP contribution < -0.4 is 10.6 Å². The Morgan fingerprint density at radius 3 is 2.52 bits per heavy atom. The number of carbonyl (C=O) groups excluding carboxylic acids is 1. The lowest BCUT2D eigenvalue weighted by atomic mass is 10.2. The Morgan fingerprint density at radius 1 is 1.33 bits per heavy atom. The van der Waals surface area contributed by atoms with E-state index in [1.807, 2.05) is 6.92 Å². The van der Waals surface area contributed by atoms with Gasteiger partial charge in [0.25, 0.3) is 5.92 Å². The molecule has 1 amide bonds. The summed E-state index contributed by atoms with van der Waals surface area (Å²) in [5.74, 6) is -2.46. The number of halogens is 2. The van der Waals surface area contributed by atoms with Crippen LogP contribution in [0.15, 0.2) is 16.7 Å². The molecule has 0 spiro atoms. The average Bonchev–Trinajstić information content (AvgIpc) is 2.71. The number of amides is 1. The van der Waals surface area contributed by atoms with Crippen molar-refractivity contribution in [3.8, 4) is 0 Å². The Balaban J connectivity index is 2.30. The predicted octanol–water partition coefficient (Wildman–Crippen LogP) is 2.84. The number of nitrogens with one attached hydrogen (secondary N) is 2. The van der Waals surface area contributed by atoms with E-state index in [1.165, 1.54) is 6.26 Å². The van der Waals surface area contributed by atoms with E-state index in [2.05, 4.69) is 10.6 Å². The maximum atomic E-state index is 13.6. The number of carbonyl (C=O) groups is 1. The van der Waals surface area contributed by atoms with Gasteiger partial charge in [-0.2, -0.15) is 0 Å². The molecule has 0 aliphatic carbocycles. The molecule has 0 saturated heterocycles. The zero-order valence-corrected chi connectivity index (χ0v) is 12.8. The van der Waals surface area contributed by atoms with Crippen molar-refractivity contribution in [3.63, 3.8) is 0 Å². The van der Waals surface area contributed by atoms with Crippen molar-refractivity contribution < 1.29 is 22.7 Å². The first-order valence-corrected chi connectivity index (χ1v) is 6.67. The third kappa shape index (κ3) is 7.08. The van der Waals surface area contributed by atoms with Crippen molar-refractivity contribution in [2.75, 3.05) is 13.1 Å². The summed E-state index contributed by atoms with van der Waals surface area (Å²) in [5, 5.41) is 4.66. The van der Waals surface area contributed by atoms with Crippen LogP contribution in [-0.4, -0.2) is 30.7 Å². The predicted molar refractivity (Wildman–Crippen MR) is 74.3 cm³/mol. The molecule has 0 aromatic carbocycles. The summed E-state index contributed by atoms with van der Waals surface area (Å²) in [6, 6.07) is 1.76. The van der Waals surface area contributed by atoms with E-state index in [0.717, 1.165) is 5.56 Å². The number of hydrogen-bond donors (Lipinski definition) is 2. The minimum atomic E-state index is -3.07. The van der Waals surface area contributed by atoms with Gasteiger partial charge in [-0.25, -0.2) is 13.6 Å². The van der Waals surface area contributed by atoms with Gasteiger partial charge in [-0.05, 0) is 39.3 Å². The van der Waals surface area contributed by atoms with Crippen LogP contribution in [0, 0.1) is 6.92 Å². The minimum Gasteiger partial charge on any atom is -0.468 e. The first kappa shape index (κ1) is 17.4. The van der Waals surface area contributed by atoms with Crippen molar-refractivity contribution in [1.29, 1.82) is 0 Å². The maximum absolute atomic E-state index is 13.6. The lowest BCUT2D eigenvalue weighted by molar-refractivity contribution is -0.00404. The van der Waals surface area contributed by atoms with Gasteiger partial charge in [-0.3, -0.25) is 0 Å². The first-order chi connectivity index (χ1) is 9.59. The van der Waals surface area contributed by atoms with Crippen molar-refractivity contribution in [2.45, 2.75) is 45.8 Å². The summed E-state index contributed by atoms with van der Waals surface area (Å²) in [5.41, 5.74) is 0.187. The van der Waals surface area contributed by atoms with E-state index in [9.17, 15) is 13.6 Å². The summed E-state index contributed by atoms with van der Waals surface area (Å²) in [4.78, 5) is 11.3. The van der Waals surface area contributed by atoms with Crippen LogP contribution in [0.3, 0.4) is 0 Å². The van der Waals surface area contributed by atoms with Crippen molar-refractivity contribution in [2.24, 2.45) is 0 Å². The van der Waals surface area contributed by atoms with Gasteiger partial charge in [-0.15, -0.1) is 0 Å². The summed E-state index contributed by atoms with van der Waals surface area (Å²) >= 11 is 0. The standard InChI is InChI=1S/C14H22F2N2O3/c1-10-5-6-20-11(10)7-17-8-14(15,16)9-18-12(19)21-13(2,3)4/h5-6,17H,7-9H2,1-4H3,(H,18,19). The third-order valence-corrected chi connectivity index (χ3v) is 2.53. The molecule has 0 atom stereocenters. The van der Waals surface area contributed by atoms with Gasteiger partial charge in [0, 0.05) is 0 Å². The van der Waals surface area contributed by atoms with Crippen molar-refractivity contribution in [1.82, 2.24) is 10.6 Å². The summed E-state index contributed by atoms with van der Waals surface area (Å²) < 4.78 is 37.2. The topological polar surface area (TPSA) is 63.5 Å². The molecular formula is C14H22F2N2O3. The fourth-order valence-corrected chi connectivity index (χ4v) is 1.52. The van der Waals surface area contributed by atoms with Crippen molar-refractivity contribution >= 4 is 6.09 Å². The molecule has 120 valence electrons. The highest BCUT2D eigenvalue weighted by atomic mass is 19.3. The molecule has 1 aromatic heterocycles. The van der Waals surface area contributed by atoms with E-state index >= 15 is 0 Å². The van der Waals surface area contributed by atoms with Crippen LogP contribution in [-0.2, 0) is 11.3 Å². The fraction of sp³-hybridized carbons (Fsp3) is 0.643. The van der Waals surface area contributed by atoms with Gasteiger partial charge < -0.3 is 19.8 Å². The van der Waals surface area contributed by atoms with Gasteiger partial charge in [0.15, 0.2) is 0 Å². The molecule has 1 aromatic rings. The molecule has 0 unspecified atom stereocenters. The summed E-state index contributed by atoms with van der Waals surface area (Å²) in [6.45, 7) is 5.69. The monoisotopic (exact) mass is 304 g/mol. The van der Waals surface area contributed by atoms with E-state index < -0.39 is 30.7 Å². The number of alkyl halides is 2. The van der Waals surface area contributed by atoms with E-state index in [4.69, 9.17) is 9.15 Å². The maximum Gasteiger partial charge on any atom is 0.407 e. The minimum absolute atomic E-state index is 0.209. The number of alkyl carbamates (subject to hydrolysis) is 1. The largest absolute Gasteiger partial charge is 0.468 e. The van der Waals surface area contributed by atoms with Crippen LogP contribution in [0.25, 0.3) is 0 Å². The Bertz CT molecular complexity index is 467. The van der Waals surface area contributed by atoms with E-state index in [1.54, 1.807) is 26.8 Å². The molecular weight excluding hydrogens is 282 g/mol. The van der Waals surface area contributed by atoms with Gasteiger partial charge in [0.1, 0.15) is 11.4 Å². The number of aryl methyl sites for hydroxylation is 1. The summed E-state index contributed by atoms with van der Waals surface area (Å²) in [6.07, 6.45) is 0.651. The molecule has 0 aliphatic heterocycles. The molecule has 0 aliphatic rings. The fourth-order valence-electron chi connectivity index (χ4n) is 1.52. The lowest BCUT2D eigenvalue weighted by Gasteiger charge is -2.22. The second kappa shape index (κ2) is 6.89. The van der Waals surface area contributed by atoms with Gasteiger partial charge in [-0.1, -0.05) is 0 Å². The Morgan fingerprint density at radius 2 is 2.00 bits per heavy atom. The van der Waals surface area contributed by atoms with Crippen molar-refractivity contribution in [3.05, 3.63) is 23.7 Å². The van der Waals surface area contributed by atoms with Gasteiger partial charge >= 0.3 is 6.09 Å². The quantitative estimate of drug-likeness (QED) is 0.848. The Hall–Kier alpha value is -1.63. The molecule has 0 radical (unpaired) electrons. The van der Waals surface area contributed by atoms with E-state index in [-0.39, 0.29) is 6.54 Å². The van der Waals surface area contributed by atoms with Crippen LogP contribution in [0.4, 0.5) is 13.6 Å². The lowest BCUT2D eigenvalue weighted by Crippen LogP contribution is -2.44. The molecule has 0 fully saturated rings. The van der Waals surface area contributed by atoms with Gasteiger partial charge in [0.05, 0.1) is 25.9 Å². The second-order valence-corrected chi connectivity index (χ2v) is 5.84. The Labute approximate surface area is 123 Å². The molecule has 1 rings (SSSR count). The van der Waals surface area contributed by atoms with Crippen LogP contribution in [0.5, 0.6) is 0 Å². The second-order valence-electron chi connectivity index (χ2n) is 5.84. The Kier molecular flexibility index (Phi) is 5.71. The van der Waals surface area contributed by atoms with Gasteiger partial charge in [0.2, 0.25) is 0 Å². The molecule has 5 nitrogen and oxygen atoms in total. The molecule has 0 bridgehead atoms. The first-order valence-electron chi connectivity index (χ1n) is 6.67. The molecule has 0 saturated carbocycles. The highest BCUT2D eigenvalue weighted by Crippen LogP contribution is 2.13. The molecule has 1 heterocycles. The number of ether oxygens (including phenoxy) is 1. The third-order valence-electron chi connectivity index (χ3n) is 2.53. The highest BCUT2D eigenvalue weighted by Gasteiger charge is 2.30. The van der Waals surface area contributed by atoms with Crippen LogP contribution in [0.1, 0.15) is 32.1 Å². The smallest absolute Gasteiger partial charge is 0.407 e. The number of rotatable bonds is 6. The molecule has 21 heavy (non-hydrogen) atoms. The normalized spacial score (nSPS) is 12.3. The number of furan rings is 1. The molecule has 2 N–H and O–H groups in total. The van der Waals surface area contributed by atoms with E-state index in [0.29, 0.717) is 5.76 Å². The average molecular weight is 304 g/mol. The highest BCUT2D eigenvalue weighted by molar-refractivity contribution is 5.67. The zero-order chi connectivity index (χ0) is 16.1.